The number of carbonyl (C=O) groups is 1. The summed E-state index contributed by atoms with van der Waals surface area (Å²) in [5.41, 5.74) is 0.797. The zero-order valence-electron chi connectivity index (χ0n) is 15.1. The van der Waals surface area contributed by atoms with Crippen molar-refractivity contribution in [2.75, 3.05) is 26.7 Å². The van der Waals surface area contributed by atoms with E-state index in [9.17, 15) is 4.79 Å². The summed E-state index contributed by atoms with van der Waals surface area (Å²) >= 11 is 0. The van der Waals surface area contributed by atoms with E-state index in [2.05, 4.69) is 5.32 Å². The van der Waals surface area contributed by atoms with Crippen LogP contribution in [0.1, 0.15) is 35.4 Å². The summed E-state index contributed by atoms with van der Waals surface area (Å²) < 4.78 is 11.2. The van der Waals surface area contributed by atoms with Crippen molar-refractivity contribution in [1.29, 1.82) is 0 Å². The molecule has 2 aromatic rings. The second-order valence-electron chi connectivity index (χ2n) is 6.50. The van der Waals surface area contributed by atoms with Crippen LogP contribution in [0.2, 0.25) is 0 Å². The Morgan fingerprint density at radius 1 is 1.23 bits per heavy atom. The third-order valence-corrected chi connectivity index (χ3v) is 4.78. The number of ether oxygens (including phenoxy) is 1. The Morgan fingerprint density at radius 3 is 2.65 bits per heavy atom. The van der Waals surface area contributed by atoms with Gasteiger partial charge < -0.3 is 19.4 Å². The van der Waals surface area contributed by atoms with Crippen LogP contribution in [-0.4, -0.2) is 37.5 Å². The monoisotopic (exact) mass is 378 g/mol. The van der Waals surface area contributed by atoms with Crippen molar-refractivity contribution in [3.63, 3.8) is 0 Å². The number of para-hydroxylation sites is 1. The average molecular weight is 379 g/mol. The molecule has 1 fully saturated rings. The predicted octanol–water partition coefficient (Wildman–Crippen LogP) is 3.74. The number of amides is 1. The van der Waals surface area contributed by atoms with Crippen LogP contribution in [0.25, 0.3) is 0 Å². The Kier molecular flexibility index (Phi) is 8.01. The molecule has 0 unspecified atom stereocenters. The van der Waals surface area contributed by atoms with E-state index in [4.69, 9.17) is 9.15 Å². The smallest absolute Gasteiger partial charge is 0.289 e. The number of carbonyl (C=O) groups excluding carboxylic acids is 1. The molecule has 5 nitrogen and oxygen atoms in total. The number of benzene rings is 1. The molecule has 1 N–H and O–H groups in total. The molecule has 1 aliphatic heterocycles. The normalized spacial score (nSPS) is 14.7. The van der Waals surface area contributed by atoms with Crippen LogP contribution in [-0.2, 0) is 6.61 Å². The highest BCUT2D eigenvalue weighted by Gasteiger charge is 2.26. The van der Waals surface area contributed by atoms with Crippen molar-refractivity contribution in [2.24, 2.45) is 5.92 Å². The molecule has 1 aromatic carbocycles. The van der Waals surface area contributed by atoms with Gasteiger partial charge in [0.15, 0.2) is 5.76 Å². The van der Waals surface area contributed by atoms with Gasteiger partial charge >= 0.3 is 0 Å². The van der Waals surface area contributed by atoms with Gasteiger partial charge in [-0.1, -0.05) is 18.2 Å². The Morgan fingerprint density at radius 2 is 1.96 bits per heavy atom. The average Bonchev–Trinajstić information content (AvgIpc) is 3.14. The summed E-state index contributed by atoms with van der Waals surface area (Å²) in [7, 11) is 1.98. The molecular weight excluding hydrogens is 352 g/mol. The Balaban J connectivity index is 0.00000243. The highest BCUT2D eigenvalue weighted by Crippen LogP contribution is 2.23. The van der Waals surface area contributed by atoms with E-state index in [-0.39, 0.29) is 18.3 Å². The molecule has 1 aliphatic rings. The second kappa shape index (κ2) is 10.2. The van der Waals surface area contributed by atoms with Crippen LogP contribution in [0.3, 0.4) is 0 Å². The van der Waals surface area contributed by atoms with Crippen LogP contribution in [0, 0.1) is 5.92 Å². The summed E-state index contributed by atoms with van der Waals surface area (Å²) in [5, 5.41) is 3.20. The maximum Gasteiger partial charge on any atom is 0.289 e. The largest absolute Gasteiger partial charge is 0.489 e. The van der Waals surface area contributed by atoms with Gasteiger partial charge in [0.05, 0.1) is 6.26 Å². The predicted molar refractivity (Wildman–Crippen MR) is 104 cm³/mol. The topological polar surface area (TPSA) is 54.7 Å². The number of piperidine rings is 1. The summed E-state index contributed by atoms with van der Waals surface area (Å²) in [4.78, 5) is 14.7. The fourth-order valence-corrected chi connectivity index (χ4v) is 3.23. The first-order valence-corrected chi connectivity index (χ1v) is 8.96. The van der Waals surface area contributed by atoms with E-state index in [1.54, 1.807) is 6.26 Å². The molecule has 0 atom stereocenters. The maximum absolute atomic E-state index is 12.8. The lowest BCUT2D eigenvalue weighted by atomic mass is 9.93. The van der Waals surface area contributed by atoms with Crippen LogP contribution in [0.15, 0.2) is 47.1 Å². The van der Waals surface area contributed by atoms with Crippen molar-refractivity contribution in [1.82, 2.24) is 10.2 Å². The van der Waals surface area contributed by atoms with Crippen molar-refractivity contribution in [3.05, 3.63) is 54.0 Å². The van der Waals surface area contributed by atoms with E-state index in [1.807, 2.05) is 48.3 Å². The summed E-state index contributed by atoms with van der Waals surface area (Å²) in [5.74, 6) is 1.87. The lowest BCUT2D eigenvalue weighted by Gasteiger charge is -2.31. The molecule has 0 aliphatic carbocycles. The molecule has 0 spiro atoms. The summed E-state index contributed by atoms with van der Waals surface area (Å²) in [6.45, 7) is 2.97. The van der Waals surface area contributed by atoms with E-state index in [1.165, 1.54) is 6.42 Å². The van der Waals surface area contributed by atoms with Gasteiger partial charge in [0.2, 0.25) is 0 Å². The van der Waals surface area contributed by atoms with Crippen molar-refractivity contribution >= 4 is 18.3 Å². The Bertz CT molecular complexity index is 667. The van der Waals surface area contributed by atoms with Crippen LogP contribution >= 0.6 is 12.4 Å². The molecule has 0 bridgehead atoms. The van der Waals surface area contributed by atoms with E-state index >= 15 is 0 Å². The molecule has 1 saturated heterocycles. The van der Waals surface area contributed by atoms with Gasteiger partial charge in [0.25, 0.3) is 5.91 Å². The highest BCUT2D eigenvalue weighted by molar-refractivity contribution is 5.93. The minimum atomic E-state index is -0.0243. The molecule has 2 heterocycles. The van der Waals surface area contributed by atoms with Gasteiger partial charge in [-0.05, 0) is 57.0 Å². The maximum atomic E-state index is 12.8. The minimum Gasteiger partial charge on any atom is -0.489 e. The van der Waals surface area contributed by atoms with E-state index in [0.29, 0.717) is 18.3 Å². The molecule has 3 rings (SSSR count). The number of nitrogens with one attached hydrogen (secondary N) is 1. The molecule has 0 saturated carbocycles. The molecule has 1 amide bonds. The quantitative estimate of drug-likeness (QED) is 0.797. The van der Waals surface area contributed by atoms with Gasteiger partial charge in [0.1, 0.15) is 12.4 Å². The Labute approximate surface area is 161 Å². The summed E-state index contributed by atoms with van der Waals surface area (Å²) in [6, 6.07) is 11.4. The Hall–Kier alpha value is -1.98. The first-order chi connectivity index (χ1) is 12.3. The molecule has 1 aromatic heterocycles. The van der Waals surface area contributed by atoms with Crippen LogP contribution in [0.4, 0.5) is 0 Å². The fourth-order valence-electron chi connectivity index (χ4n) is 3.23. The number of rotatable bonds is 7. The van der Waals surface area contributed by atoms with Crippen molar-refractivity contribution in [2.45, 2.75) is 25.9 Å². The number of halogens is 1. The van der Waals surface area contributed by atoms with Gasteiger partial charge in [0, 0.05) is 18.7 Å². The number of likely N-dealkylation sites (tertiary alicyclic amines) is 1. The second-order valence-corrected chi connectivity index (χ2v) is 6.50. The highest BCUT2D eigenvalue weighted by atomic mass is 35.5. The van der Waals surface area contributed by atoms with Crippen molar-refractivity contribution < 1.29 is 13.9 Å². The molecule has 26 heavy (non-hydrogen) atoms. The molecule has 142 valence electrons. The number of nitrogens with zero attached hydrogens (tertiary/aromatic N) is 1. The van der Waals surface area contributed by atoms with Gasteiger partial charge in [-0.25, -0.2) is 0 Å². The molecule has 0 radical (unpaired) electrons. The van der Waals surface area contributed by atoms with Crippen LogP contribution < -0.4 is 10.1 Å². The number of furan rings is 1. The van der Waals surface area contributed by atoms with Crippen molar-refractivity contribution in [3.8, 4) is 5.75 Å². The first kappa shape index (κ1) is 20.3. The summed E-state index contributed by atoms with van der Waals surface area (Å²) in [6.07, 6.45) is 4.86. The third-order valence-electron chi connectivity index (χ3n) is 4.78. The SMILES string of the molecule is CNCCC1CCN(C(=O)c2occc2COc2ccccc2)CC1.Cl. The van der Waals surface area contributed by atoms with Gasteiger partial charge in [-0.3, -0.25) is 4.79 Å². The zero-order valence-corrected chi connectivity index (χ0v) is 16.0. The number of hydrogen-bond acceptors (Lipinski definition) is 4. The minimum absolute atomic E-state index is 0. The fraction of sp³-hybridized carbons (Fsp3) is 0.450. The van der Waals surface area contributed by atoms with Gasteiger partial charge in [-0.2, -0.15) is 0 Å². The first-order valence-electron chi connectivity index (χ1n) is 8.96. The van der Waals surface area contributed by atoms with Gasteiger partial charge in [-0.15, -0.1) is 12.4 Å². The molecular formula is C20H27ClN2O3. The lowest BCUT2D eigenvalue weighted by molar-refractivity contribution is 0.0651. The zero-order chi connectivity index (χ0) is 17.5. The standard InChI is InChI=1S/C20H26N2O3.ClH/c1-21-11-7-16-8-12-22(13-9-16)20(23)19-17(10-14-24-19)15-25-18-5-3-2-4-6-18;/h2-6,10,14,16,21H,7-9,11-13,15H2,1H3;1H. The van der Waals surface area contributed by atoms with Crippen LogP contribution in [0.5, 0.6) is 5.75 Å². The third kappa shape index (κ3) is 5.26. The lowest BCUT2D eigenvalue weighted by Crippen LogP contribution is -2.39. The number of hydrogen-bond donors (Lipinski definition) is 1. The van der Waals surface area contributed by atoms with E-state index in [0.717, 1.165) is 43.8 Å². The molecule has 6 heteroatoms. The van der Waals surface area contributed by atoms with E-state index < -0.39 is 0 Å².